The standard InChI is InChI=1S/C14H25N5/c1-7-8-10-11-12(18(6)17-10)19(13(15)16-11)9(2)14(3,4)5/h9H,7-8H2,1-6H3,(H2,15,16). The Bertz CT molecular complexity index is 585. The van der Waals surface area contributed by atoms with E-state index in [9.17, 15) is 0 Å². The van der Waals surface area contributed by atoms with E-state index in [1.165, 1.54) is 0 Å². The number of nitrogens with zero attached hydrogens (tertiary/aromatic N) is 4. The Morgan fingerprint density at radius 1 is 1.32 bits per heavy atom. The van der Waals surface area contributed by atoms with Gasteiger partial charge in [-0.25, -0.2) is 4.98 Å². The number of hydrogen-bond acceptors (Lipinski definition) is 3. The molecule has 0 saturated heterocycles. The number of nitrogens with two attached hydrogens (primary N) is 1. The molecule has 2 rings (SSSR count). The molecule has 106 valence electrons. The predicted molar refractivity (Wildman–Crippen MR) is 79.1 cm³/mol. The van der Waals surface area contributed by atoms with Crippen LogP contribution in [0.2, 0.25) is 0 Å². The van der Waals surface area contributed by atoms with E-state index in [0.717, 1.165) is 29.7 Å². The summed E-state index contributed by atoms with van der Waals surface area (Å²) < 4.78 is 4.02. The van der Waals surface area contributed by atoms with Crippen molar-refractivity contribution < 1.29 is 0 Å². The average molecular weight is 263 g/mol. The Morgan fingerprint density at radius 3 is 2.47 bits per heavy atom. The minimum Gasteiger partial charge on any atom is -0.369 e. The van der Waals surface area contributed by atoms with E-state index >= 15 is 0 Å². The summed E-state index contributed by atoms with van der Waals surface area (Å²) in [5.41, 5.74) is 9.30. The molecule has 0 amide bonds. The van der Waals surface area contributed by atoms with Gasteiger partial charge in [0, 0.05) is 13.1 Å². The van der Waals surface area contributed by atoms with Crippen molar-refractivity contribution in [1.82, 2.24) is 19.3 Å². The van der Waals surface area contributed by atoms with Gasteiger partial charge in [0.2, 0.25) is 5.95 Å². The van der Waals surface area contributed by atoms with Crippen LogP contribution in [0.25, 0.3) is 11.2 Å². The highest BCUT2D eigenvalue weighted by atomic mass is 15.4. The second-order valence-corrected chi connectivity index (χ2v) is 6.37. The first kappa shape index (κ1) is 13.9. The minimum absolute atomic E-state index is 0.122. The van der Waals surface area contributed by atoms with Gasteiger partial charge >= 0.3 is 0 Å². The molecule has 2 N–H and O–H groups in total. The lowest BCUT2D eigenvalue weighted by atomic mass is 9.88. The lowest BCUT2D eigenvalue weighted by molar-refractivity contribution is 0.268. The van der Waals surface area contributed by atoms with Crippen molar-refractivity contribution in [2.24, 2.45) is 12.5 Å². The largest absolute Gasteiger partial charge is 0.369 e. The van der Waals surface area contributed by atoms with E-state index < -0.39 is 0 Å². The van der Waals surface area contributed by atoms with Crippen molar-refractivity contribution in [1.29, 1.82) is 0 Å². The van der Waals surface area contributed by atoms with Gasteiger partial charge in [-0.2, -0.15) is 5.10 Å². The SMILES string of the molecule is CCCc1nn(C)c2c1nc(N)n2C(C)C(C)(C)C. The monoisotopic (exact) mass is 263 g/mol. The van der Waals surface area contributed by atoms with E-state index in [4.69, 9.17) is 5.73 Å². The molecule has 0 fully saturated rings. The van der Waals surface area contributed by atoms with Gasteiger partial charge in [0.1, 0.15) is 5.52 Å². The quantitative estimate of drug-likeness (QED) is 0.926. The molecule has 0 aromatic carbocycles. The van der Waals surface area contributed by atoms with Gasteiger partial charge in [-0.05, 0) is 18.8 Å². The van der Waals surface area contributed by atoms with Gasteiger partial charge in [-0.15, -0.1) is 0 Å². The first-order chi connectivity index (χ1) is 8.77. The molecule has 2 heterocycles. The van der Waals surface area contributed by atoms with Crippen LogP contribution in [0.15, 0.2) is 0 Å². The zero-order valence-electron chi connectivity index (χ0n) is 12.9. The van der Waals surface area contributed by atoms with Crippen LogP contribution in [0.3, 0.4) is 0 Å². The molecular weight excluding hydrogens is 238 g/mol. The number of anilines is 1. The Labute approximate surface area is 114 Å². The number of aryl methyl sites for hydroxylation is 2. The fourth-order valence-corrected chi connectivity index (χ4v) is 2.39. The Hall–Kier alpha value is -1.52. The lowest BCUT2D eigenvalue weighted by Crippen LogP contribution is -2.23. The number of aromatic nitrogens is 4. The lowest BCUT2D eigenvalue weighted by Gasteiger charge is -2.29. The van der Waals surface area contributed by atoms with Crippen LogP contribution in [0, 0.1) is 5.41 Å². The molecule has 0 radical (unpaired) electrons. The second-order valence-electron chi connectivity index (χ2n) is 6.37. The Balaban J connectivity index is 2.65. The molecule has 2 aromatic heterocycles. The smallest absolute Gasteiger partial charge is 0.202 e. The first-order valence-electron chi connectivity index (χ1n) is 6.96. The normalized spacial score (nSPS) is 14.2. The van der Waals surface area contributed by atoms with Crippen LogP contribution in [0.4, 0.5) is 5.95 Å². The molecule has 19 heavy (non-hydrogen) atoms. The van der Waals surface area contributed by atoms with E-state index in [2.05, 4.69) is 49.3 Å². The third kappa shape index (κ3) is 2.22. The van der Waals surface area contributed by atoms with Crippen molar-refractivity contribution >= 4 is 17.1 Å². The molecule has 0 bridgehead atoms. The van der Waals surface area contributed by atoms with Gasteiger partial charge in [0.05, 0.1) is 5.69 Å². The van der Waals surface area contributed by atoms with Crippen molar-refractivity contribution in [3.8, 4) is 0 Å². The van der Waals surface area contributed by atoms with Gasteiger partial charge in [0.15, 0.2) is 5.65 Å². The van der Waals surface area contributed by atoms with E-state index in [1.807, 2.05) is 11.7 Å². The van der Waals surface area contributed by atoms with Gasteiger partial charge in [-0.1, -0.05) is 34.1 Å². The first-order valence-corrected chi connectivity index (χ1v) is 6.96. The zero-order chi connectivity index (χ0) is 14.4. The Morgan fingerprint density at radius 2 is 1.95 bits per heavy atom. The number of nitrogen functional groups attached to an aromatic ring is 1. The van der Waals surface area contributed by atoms with Crippen LogP contribution in [-0.2, 0) is 13.5 Å². The van der Waals surface area contributed by atoms with Crippen molar-refractivity contribution in [3.63, 3.8) is 0 Å². The number of imidazole rings is 1. The van der Waals surface area contributed by atoms with Crippen molar-refractivity contribution in [2.75, 3.05) is 5.73 Å². The van der Waals surface area contributed by atoms with Crippen molar-refractivity contribution in [2.45, 2.75) is 53.5 Å². The highest BCUT2D eigenvalue weighted by Gasteiger charge is 2.27. The molecular formula is C14H25N5. The summed E-state index contributed by atoms with van der Waals surface area (Å²) in [6.45, 7) is 11.0. The summed E-state index contributed by atoms with van der Waals surface area (Å²) in [6, 6.07) is 0.266. The molecule has 0 aliphatic rings. The molecule has 0 aliphatic heterocycles. The molecule has 0 aliphatic carbocycles. The summed E-state index contributed by atoms with van der Waals surface area (Å²) >= 11 is 0. The maximum Gasteiger partial charge on any atom is 0.202 e. The molecule has 5 nitrogen and oxygen atoms in total. The average Bonchev–Trinajstić information content (AvgIpc) is 2.76. The summed E-state index contributed by atoms with van der Waals surface area (Å²) in [5.74, 6) is 0.586. The van der Waals surface area contributed by atoms with Gasteiger partial charge in [-0.3, -0.25) is 9.25 Å². The minimum atomic E-state index is 0.122. The molecule has 2 aromatic rings. The van der Waals surface area contributed by atoms with Crippen LogP contribution < -0.4 is 5.73 Å². The van der Waals surface area contributed by atoms with E-state index in [-0.39, 0.29) is 11.5 Å². The summed E-state index contributed by atoms with van der Waals surface area (Å²) in [4.78, 5) is 4.54. The number of rotatable bonds is 3. The third-order valence-corrected chi connectivity index (χ3v) is 3.89. The maximum atomic E-state index is 6.14. The number of hydrogen-bond donors (Lipinski definition) is 1. The zero-order valence-corrected chi connectivity index (χ0v) is 12.9. The maximum absolute atomic E-state index is 6.14. The van der Waals surface area contributed by atoms with Crippen LogP contribution in [0.5, 0.6) is 0 Å². The molecule has 0 saturated carbocycles. The summed E-state index contributed by atoms with van der Waals surface area (Å²) in [6.07, 6.45) is 2.01. The highest BCUT2D eigenvalue weighted by Crippen LogP contribution is 2.35. The van der Waals surface area contributed by atoms with Crippen LogP contribution >= 0.6 is 0 Å². The number of fused-ring (bicyclic) bond motifs is 1. The molecule has 5 heteroatoms. The predicted octanol–water partition coefficient (Wildman–Crippen LogP) is 2.91. The second kappa shape index (κ2) is 4.54. The van der Waals surface area contributed by atoms with E-state index in [0.29, 0.717) is 5.95 Å². The van der Waals surface area contributed by atoms with Gasteiger partial charge in [0.25, 0.3) is 0 Å². The fraction of sp³-hybridized carbons (Fsp3) is 0.714. The summed E-state index contributed by atoms with van der Waals surface area (Å²) in [5, 5.41) is 4.58. The van der Waals surface area contributed by atoms with Crippen LogP contribution in [-0.4, -0.2) is 19.3 Å². The van der Waals surface area contributed by atoms with Gasteiger partial charge < -0.3 is 5.73 Å². The molecule has 1 unspecified atom stereocenters. The third-order valence-electron chi connectivity index (χ3n) is 3.89. The van der Waals surface area contributed by atoms with E-state index in [1.54, 1.807) is 0 Å². The van der Waals surface area contributed by atoms with Crippen molar-refractivity contribution in [3.05, 3.63) is 5.69 Å². The fourth-order valence-electron chi connectivity index (χ4n) is 2.39. The summed E-state index contributed by atoms with van der Waals surface area (Å²) in [7, 11) is 1.97. The Kier molecular flexibility index (Phi) is 3.32. The molecule has 1 atom stereocenters. The molecule has 0 spiro atoms. The topological polar surface area (TPSA) is 61.7 Å². The van der Waals surface area contributed by atoms with Crippen LogP contribution in [0.1, 0.15) is 52.8 Å². The highest BCUT2D eigenvalue weighted by molar-refractivity contribution is 5.78.